The van der Waals surface area contributed by atoms with E-state index < -0.39 is 0 Å². The number of hydrogen-bond donors (Lipinski definition) is 1. The zero-order valence-electron chi connectivity index (χ0n) is 13.4. The zero-order valence-corrected chi connectivity index (χ0v) is 14.3. The lowest BCUT2D eigenvalue weighted by molar-refractivity contribution is -0.130. The molecule has 7 nitrogen and oxygen atoms in total. The van der Waals surface area contributed by atoms with Gasteiger partial charge in [-0.15, -0.1) is 11.3 Å². The van der Waals surface area contributed by atoms with E-state index in [4.69, 9.17) is 0 Å². The third-order valence-electron chi connectivity index (χ3n) is 3.77. The summed E-state index contributed by atoms with van der Waals surface area (Å²) in [5.41, 5.74) is 0.695. The Morgan fingerprint density at radius 3 is 2.71 bits per heavy atom. The number of anilines is 2. The van der Waals surface area contributed by atoms with Crippen molar-refractivity contribution in [3.8, 4) is 0 Å². The number of nitrogens with one attached hydrogen (secondary N) is 1. The van der Waals surface area contributed by atoms with Gasteiger partial charge in [-0.2, -0.15) is 0 Å². The van der Waals surface area contributed by atoms with E-state index in [0.717, 1.165) is 18.9 Å². The highest BCUT2D eigenvalue weighted by Gasteiger charge is 2.22. The summed E-state index contributed by atoms with van der Waals surface area (Å²) in [7, 11) is 0. The highest BCUT2D eigenvalue weighted by Crippen LogP contribution is 2.17. The molecule has 0 spiro atoms. The number of aromatic nitrogens is 2. The molecule has 0 aliphatic carbocycles. The first-order chi connectivity index (χ1) is 11.6. The number of nitrogens with zero attached hydrogens (tertiary/aromatic N) is 4. The molecule has 24 heavy (non-hydrogen) atoms. The van der Waals surface area contributed by atoms with Crippen LogP contribution in [0.25, 0.3) is 0 Å². The molecular formula is C16H19N5O2S. The summed E-state index contributed by atoms with van der Waals surface area (Å²) in [6.45, 7) is 4.34. The van der Waals surface area contributed by atoms with E-state index >= 15 is 0 Å². The molecule has 1 fully saturated rings. The van der Waals surface area contributed by atoms with Crippen molar-refractivity contribution in [1.82, 2.24) is 14.9 Å². The van der Waals surface area contributed by atoms with Crippen LogP contribution in [0.15, 0.2) is 29.8 Å². The molecule has 0 atom stereocenters. The van der Waals surface area contributed by atoms with Crippen molar-refractivity contribution in [2.45, 2.75) is 13.3 Å². The average molecular weight is 345 g/mol. The molecule has 0 unspecified atom stereocenters. The molecule has 0 radical (unpaired) electrons. The molecular weight excluding hydrogens is 326 g/mol. The number of carbonyl (C=O) groups is 2. The van der Waals surface area contributed by atoms with Gasteiger partial charge in [-0.3, -0.25) is 9.59 Å². The van der Waals surface area contributed by atoms with Gasteiger partial charge in [0, 0.05) is 44.7 Å². The van der Waals surface area contributed by atoms with E-state index in [1.807, 2.05) is 28.5 Å². The van der Waals surface area contributed by atoms with E-state index in [1.165, 1.54) is 18.3 Å². The number of hydrogen-bond acceptors (Lipinski definition) is 6. The van der Waals surface area contributed by atoms with Gasteiger partial charge in [0.2, 0.25) is 11.8 Å². The fraction of sp³-hybridized carbons (Fsp3) is 0.375. The first-order valence-corrected chi connectivity index (χ1v) is 8.65. The normalized spacial score (nSPS) is 14.5. The van der Waals surface area contributed by atoms with Gasteiger partial charge >= 0.3 is 0 Å². The van der Waals surface area contributed by atoms with Crippen LogP contribution in [0.5, 0.6) is 0 Å². The Hall–Kier alpha value is -2.48. The lowest BCUT2D eigenvalue weighted by Gasteiger charge is -2.35. The van der Waals surface area contributed by atoms with Crippen molar-refractivity contribution >= 4 is 34.1 Å². The second-order valence-corrected chi connectivity index (χ2v) is 6.42. The van der Waals surface area contributed by atoms with E-state index in [0.29, 0.717) is 23.9 Å². The third-order valence-corrected chi connectivity index (χ3v) is 4.58. The Kier molecular flexibility index (Phi) is 5.05. The van der Waals surface area contributed by atoms with E-state index in [1.54, 1.807) is 6.20 Å². The van der Waals surface area contributed by atoms with Gasteiger partial charge in [-0.25, -0.2) is 9.97 Å². The zero-order chi connectivity index (χ0) is 16.9. The van der Waals surface area contributed by atoms with Crippen molar-refractivity contribution in [2.24, 2.45) is 0 Å². The topological polar surface area (TPSA) is 78.4 Å². The summed E-state index contributed by atoms with van der Waals surface area (Å²) >= 11 is 1.33. The highest BCUT2D eigenvalue weighted by molar-refractivity contribution is 7.13. The maximum Gasteiger partial charge on any atom is 0.228 e. The van der Waals surface area contributed by atoms with E-state index in [2.05, 4.69) is 20.2 Å². The largest absolute Gasteiger partial charge is 0.353 e. The maximum atomic E-state index is 12.4. The molecule has 0 saturated carbocycles. The fourth-order valence-corrected chi connectivity index (χ4v) is 3.34. The molecule has 1 saturated heterocycles. The molecule has 2 aromatic rings. The lowest BCUT2D eigenvalue weighted by Crippen LogP contribution is -2.49. The average Bonchev–Trinajstić information content (AvgIpc) is 3.02. The summed E-state index contributed by atoms with van der Waals surface area (Å²) in [4.78, 5) is 36.1. The van der Waals surface area contributed by atoms with Crippen molar-refractivity contribution in [1.29, 1.82) is 0 Å². The number of piperazine rings is 1. The predicted octanol–water partition coefficient (Wildman–Crippen LogP) is 1.39. The molecule has 3 heterocycles. The minimum Gasteiger partial charge on any atom is -0.353 e. The minimum absolute atomic E-state index is 0.0651. The first kappa shape index (κ1) is 16.4. The number of carbonyl (C=O) groups excluding carboxylic acids is 2. The fourth-order valence-electron chi connectivity index (χ4n) is 2.59. The van der Waals surface area contributed by atoms with Crippen LogP contribution in [0.4, 0.5) is 10.9 Å². The second kappa shape index (κ2) is 7.39. The lowest BCUT2D eigenvalue weighted by atomic mass is 10.2. The SMILES string of the molecule is CC(=O)Nc1nc(CC(=O)N2CCN(c3ccccn3)CC2)cs1. The Labute approximate surface area is 144 Å². The Bertz CT molecular complexity index is 710. The number of rotatable bonds is 4. The molecule has 8 heteroatoms. The van der Waals surface area contributed by atoms with E-state index in [9.17, 15) is 9.59 Å². The van der Waals surface area contributed by atoms with Crippen molar-refractivity contribution in [2.75, 3.05) is 36.4 Å². The minimum atomic E-state index is -0.159. The standard InChI is InChI=1S/C16H19N5O2S/c1-12(22)18-16-19-13(11-24-16)10-15(23)21-8-6-20(7-9-21)14-4-2-3-5-17-14/h2-5,11H,6-10H2,1H3,(H,18,19,22). The van der Waals surface area contributed by atoms with Crippen LogP contribution in [0.1, 0.15) is 12.6 Å². The summed E-state index contributed by atoms with van der Waals surface area (Å²) < 4.78 is 0. The van der Waals surface area contributed by atoms with Gasteiger partial charge in [0.15, 0.2) is 5.13 Å². The summed E-state index contributed by atoms with van der Waals surface area (Å²) in [5, 5.41) is 4.98. The number of amides is 2. The van der Waals surface area contributed by atoms with Crippen LogP contribution in [0, 0.1) is 0 Å². The maximum absolute atomic E-state index is 12.4. The quantitative estimate of drug-likeness (QED) is 0.906. The van der Waals surface area contributed by atoms with Crippen molar-refractivity contribution < 1.29 is 9.59 Å². The monoisotopic (exact) mass is 345 g/mol. The predicted molar refractivity (Wildman–Crippen MR) is 93.2 cm³/mol. The van der Waals surface area contributed by atoms with Gasteiger partial charge in [-0.1, -0.05) is 6.07 Å². The highest BCUT2D eigenvalue weighted by atomic mass is 32.1. The van der Waals surface area contributed by atoms with Gasteiger partial charge in [0.05, 0.1) is 12.1 Å². The Morgan fingerprint density at radius 1 is 1.25 bits per heavy atom. The first-order valence-electron chi connectivity index (χ1n) is 7.77. The second-order valence-electron chi connectivity index (χ2n) is 5.56. The molecule has 2 aromatic heterocycles. The van der Waals surface area contributed by atoms with Crippen LogP contribution in [-0.2, 0) is 16.0 Å². The summed E-state index contributed by atoms with van der Waals surface area (Å²) in [6.07, 6.45) is 2.04. The van der Waals surface area contributed by atoms with Crippen molar-refractivity contribution in [3.05, 3.63) is 35.5 Å². The Balaban J connectivity index is 1.52. The molecule has 1 N–H and O–H groups in total. The molecule has 126 valence electrons. The third kappa shape index (κ3) is 4.08. The van der Waals surface area contributed by atoms with Crippen LogP contribution < -0.4 is 10.2 Å². The molecule has 1 aliphatic heterocycles. The summed E-state index contributed by atoms with van der Waals surface area (Å²) in [5.74, 6) is 0.854. The van der Waals surface area contributed by atoms with Crippen LogP contribution in [0.3, 0.4) is 0 Å². The number of pyridine rings is 1. The van der Waals surface area contributed by atoms with Gasteiger partial charge < -0.3 is 15.1 Å². The van der Waals surface area contributed by atoms with Gasteiger partial charge in [-0.05, 0) is 12.1 Å². The molecule has 0 bridgehead atoms. The molecule has 3 rings (SSSR count). The molecule has 2 amide bonds. The van der Waals surface area contributed by atoms with Crippen LogP contribution in [-0.4, -0.2) is 52.9 Å². The van der Waals surface area contributed by atoms with Crippen LogP contribution >= 0.6 is 11.3 Å². The summed E-state index contributed by atoms with van der Waals surface area (Å²) in [6, 6.07) is 5.84. The molecule has 0 aromatic carbocycles. The van der Waals surface area contributed by atoms with Crippen molar-refractivity contribution in [3.63, 3.8) is 0 Å². The Morgan fingerprint density at radius 2 is 2.04 bits per heavy atom. The number of thiazole rings is 1. The smallest absolute Gasteiger partial charge is 0.228 e. The van der Waals surface area contributed by atoms with Crippen LogP contribution in [0.2, 0.25) is 0 Å². The van der Waals surface area contributed by atoms with Gasteiger partial charge in [0.25, 0.3) is 0 Å². The van der Waals surface area contributed by atoms with E-state index in [-0.39, 0.29) is 18.2 Å². The van der Waals surface area contributed by atoms with Gasteiger partial charge in [0.1, 0.15) is 5.82 Å². The molecule has 1 aliphatic rings.